The van der Waals surface area contributed by atoms with E-state index in [0.717, 1.165) is 17.9 Å². The number of aromatic carboxylic acids is 1. The second-order valence-electron chi connectivity index (χ2n) is 8.54. The number of nitrogens with zero attached hydrogens (tertiary/aromatic N) is 3. The van der Waals surface area contributed by atoms with E-state index in [-0.39, 0.29) is 11.6 Å². The highest BCUT2D eigenvalue weighted by Crippen LogP contribution is 2.23. The molecule has 2 amide bonds. The van der Waals surface area contributed by atoms with Gasteiger partial charge in [0.05, 0.1) is 11.1 Å². The van der Waals surface area contributed by atoms with E-state index in [0.29, 0.717) is 41.2 Å². The van der Waals surface area contributed by atoms with Crippen LogP contribution in [0.1, 0.15) is 15.9 Å². The third-order valence-corrected chi connectivity index (χ3v) is 5.46. The van der Waals surface area contributed by atoms with E-state index >= 15 is 0 Å². The van der Waals surface area contributed by atoms with Crippen LogP contribution in [0.5, 0.6) is 5.75 Å². The normalized spacial score (nSPS) is 10.8. The molecule has 0 fully saturated rings. The number of carboxylic acids is 1. The molecule has 10 heteroatoms. The first-order valence-corrected chi connectivity index (χ1v) is 11.6. The van der Waals surface area contributed by atoms with Crippen molar-refractivity contribution in [3.8, 4) is 5.75 Å². The number of amides is 2. The van der Waals surface area contributed by atoms with Crippen molar-refractivity contribution in [1.29, 1.82) is 0 Å². The Bertz CT molecular complexity index is 1390. The zero-order chi connectivity index (χ0) is 26.2. The summed E-state index contributed by atoms with van der Waals surface area (Å²) in [4.78, 5) is 34.4. The number of benzene rings is 3. The summed E-state index contributed by atoms with van der Waals surface area (Å²) < 4.78 is 5.67. The van der Waals surface area contributed by atoms with Crippen molar-refractivity contribution in [3.05, 3.63) is 84.2 Å². The van der Waals surface area contributed by atoms with Gasteiger partial charge in [-0.15, -0.1) is 0 Å². The summed E-state index contributed by atoms with van der Waals surface area (Å²) >= 11 is 0. The average Bonchev–Trinajstić information content (AvgIpc) is 2.88. The summed E-state index contributed by atoms with van der Waals surface area (Å²) in [6, 6.07) is 19.2. The number of urea groups is 1. The molecule has 1 aromatic heterocycles. The van der Waals surface area contributed by atoms with Gasteiger partial charge in [0.1, 0.15) is 24.5 Å². The van der Waals surface area contributed by atoms with Crippen LogP contribution in [-0.2, 0) is 6.54 Å². The minimum atomic E-state index is -1.04. The first-order valence-electron chi connectivity index (χ1n) is 11.6. The molecule has 4 rings (SSSR count). The summed E-state index contributed by atoms with van der Waals surface area (Å²) in [5.41, 5.74) is 2.66. The van der Waals surface area contributed by atoms with Gasteiger partial charge >= 0.3 is 12.0 Å². The van der Waals surface area contributed by atoms with E-state index in [2.05, 4.69) is 25.9 Å². The monoisotopic (exact) mass is 500 g/mol. The molecule has 0 unspecified atom stereocenters. The van der Waals surface area contributed by atoms with Gasteiger partial charge in [0, 0.05) is 29.9 Å². The van der Waals surface area contributed by atoms with Crippen LogP contribution in [0.3, 0.4) is 0 Å². The number of carbonyl (C=O) groups excluding carboxylic acids is 1. The molecule has 1 heterocycles. The van der Waals surface area contributed by atoms with Crippen LogP contribution in [0.2, 0.25) is 0 Å². The van der Waals surface area contributed by atoms with Crippen molar-refractivity contribution in [2.24, 2.45) is 0 Å². The van der Waals surface area contributed by atoms with Crippen LogP contribution in [0.4, 0.5) is 22.0 Å². The summed E-state index contributed by atoms with van der Waals surface area (Å²) in [5, 5.41) is 18.9. The van der Waals surface area contributed by atoms with Crippen LogP contribution >= 0.6 is 0 Å². The summed E-state index contributed by atoms with van der Waals surface area (Å²) in [7, 11) is 3.97. The lowest BCUT2D eigenvalue weighted by molar-refractivity contribution is 0.0698. The highest BCUT2D eigenvalue weighted by molar-refractivity contribution is 6.04. The van der Waals surface area contributed by atoms with Crippen LogP contribution in [0, 0.1) is 0 Å². The van der Waals surface area contributed by atoms with E-state index in [4.69, 9.17) is 4.74 Å². The SMILES string of the molecule is CN(C)CCOc1ccc(NC(=O)Nc2cccc(CNc3ncnc4c(C(=O)O)cccc34)c2)cc1. The molecule has 0 atom stereocenters. The molecular formula is C27H28N6O4. The smallest absolute Gasteiger partial charge is 0.337 e. The second kappa shape index (κ2) is 11.8. The minimum Gasteiger partial charge on any atom is -0.492 e. The maximum Gasteiger partial charge on any atom is 0.337 e. The van der Waals surface area contributed by atoms with Gasteiger partial charge in [-0.2, -0.15) is 0 Å². The number of hydrogen-bond acceptors (Lipinski definition) is 7. The number of likely N-dealkylation sites (N-methyl/N-ethyl adjacent to an activating group) is 1. The number of hydrogen-bond donors (Lipinski definition) is 4. The minimum absolute atomic E-state index is 0.117. The Morgan fingerprint density at radius 1 is 0.946 bits per heavy atom. The van der Waals surface area contributed by atoms with Crippen molar-refractivity contribution in [2.45, 2.75) is 6.54 Å². The summed E-state index contributed by atoms with van der Waals surface area (Å²) in [6.07, 6.45) is 1.34. The molecule has 0 saturated carbocycles. The first-order chi connectivity index (χ1) is 17.9. The Morgan fingerprint density at radius 2 is 1.70 bits per heavy atom. The number of ether oxygens (including phenoxy) is 1. The standard InChI is InChI=1S/C27H28N6O4/c1-33(2)13-14-37-21-11-9-19(10-12-21)31-27(36)32-20-6-3-5-18(15-20)16-28-25-22-7-4-8-23(26(34)35)24(22)29-17-30-25/h3-12,15,17H,13-14,16H2,1-2H3,(H,34,35)(H,28,29,30)(H2,31,32,36). The molecule has 0 bridgehead atoms. The third-order valence-electron chi connectivity index (χ3n) is 5.46. The maximum absolute atomic E-state index is 12.5. The number of anilines is 3. The predicted molar refractivity (Wildman–Crippen MR) is 143 cm³/mol. The number of fused-ring (bicyclic) bond motifs is 1. The third kappa shape index (κ3) is 6.92. The Labute approximate surface area is 214 Å². The highest BCUT2D eigenvalue weighted by Gasteiger charge is 2.12. The van der Waals surface area contributed by atoms with Crippen molar-refractivity contribution in [2.75, 3.05) is 43.2 Å². The van der Waals surface area contributed by atoms with Gasteiger partial charge in [0.25, 0.3) is 0 Å². The zero-order valence-electron chi connectivity index (χ0n) is 20.6. The molecule has 0 radical (unpaired) electrons. The first kappa shape index (κ1) is 25.4. The second-order valence-corrected chi connectivity index (χ2v) is 8.54. The summed E-state index contributed by atoms with van der Waals surface area (Å²) in [5.74, 6) is 0.221. The molecule has 0 aliphatic carbocycles. The molecule has 190 valence electrons. The van der Waals surface area contributed by atoms with Crippen molar-refractivity contribution < 1.29 is 19.4 Å². The van der Waals surface area contributed by atoms with Crippen molar-refractivity contribution in [3.63, 3.8) is 0 Å². The number of carbonyl (C=O) groups is 2. The Kier molecular flexibility index (Phi) is 8.11. The van der Waals surface area contributed by atoms with E-state index in [1.807, 2.05) is 49.3 Å². The van der Waals surface area contributed by atoms with E-state index in [1.54, 1.807) is 30.3 Å². The fourth-order valence-electron chi connectivity index (χ4n) is 3.62. The Morgan fingerprint density at radius 3 is 2.46 bits per heavy atom. The van der Waals surface area contributed by atoms with Gasteiger partial charge in [-0.05, 0) is 68.2 Å². The number of para-hydroxylation sites is 1. The van der Waals surface area contributed by atoms with E-state index in [1.165, 1.54) is 12.4 Å². The lowest BCUT2D eigenvalue weighted by Gasteiger charge is -2.12. The van der Waals surface area contributed by atoms with Crippen molar-refractivity contribution >= 4 is 40.1 Å². The number of nitrogens with one attached hydrogen (secondary N) is 3. The van der Waals surface area contributed by atoms with Crippen LogP contribution in [0.15, 0.2) is 73.1 Å². The molecule has 37 heavy (non-hydrogen) atoms. The molecule has 4 aromatic rings. The van der Waals surface area contributed by atoms with Gasteiger partial charge in [-0.3, -0.25) is 0 Å². The molecular weight excluding hydrogens is 472 g/mol. The Balaban J connectivity index is 1.34. The Hall–Kier alpha value is -4.70. The lowest BCUT2D eigenvalue weighted by atomic mass is 10.1. The lowest BCUT2D eigenvalue weighted by Crippen LogP contribution is -2.20. The van der Waals surface area contributed by atoms with Gasteiger partial charge < -0.3 is 30.7 Å². The molecule has 10 nitrogen and oxygen atoms in total. The largest absolute Gasteiger partial charge is 0.492 e. The highest BCUT2D eigenvalue weighted by atomic mass is 16.5. The maximum atomic E-state index is 12.5. The number of carboxylic acid groups (broad SMARTS) is 1. The van der Waals surface area contributed by atoms with Crippen LogP contribution in [-0.4, -0.2) is 59.2 Å². The van der Waals surface area contributed by atoms with Crippen molar-refractivity contribution in [1.82, 2.24) is 14.9 Å². The van der Waals surface area contributed by atoms with Gasteiger partial charge in [0.2, 0.25) is 0 Å². The van der Waals surface area contributed by atoms with E-state index in [9.17, 15) is 14.7 Å². The average molecular weight is 501 g/mol. The fraction of sp³-hybridized carbons (Fsp3) is 0.185. The van der Waals surface area contributed by atoms with Gasteiger partial charge in [-0.25, -0.2) is 19.6 Å². The zero-order valence-corrected chi connectivity index (χ0v) is 20.6. The van der Waals surface area contributed by atoms with Crippen LogP contribution in [0.25, 0.3) is 10.9 Å². The molecule has 0 aliphatic heterocycles. The molecule has 4 N–H and O–H groups in total. The van der Waals surface area contributed by atoms with E-state index < -0.39 is 5.97 Å². The fourth-order valence-corrected chi connectivity index (χ4v) is 3.62. The van der Waals surface area contributed by atoms with Gasteiger partial charge in [0.15, 0.2) is 0 Å². The summed E-state index contributed by atoms with van der Waals surface area (Å²) in [6.45, 7) is 1.82. The molecule has 0 spiro atoms. The number of rotatable bonds is 10. The van der Waals surface area contributed by atoms with Crippen LogP contribution < -0.4 is 20.7 Å². The van der Waals surface area contributed by atoms with Gasteiger partial charge in [-0.1, -0.05) is 18.2 Å². The quantitative estimate of drug-likeness (QED) is 0.250. The molecule has 0 aliphatic rings. The number of aromatic nitrogens is 2. The topological polar surface area (TPSA) is 129 Å². The molecule has 0 saturated heterocycles. The predicted octanol–water partition coefficient (Wildman–Crippen LogP) is 4.52. The molecule has 3 aromatic carbocycles.